The number of fused-ring (bicyclic) bond motifs is 1. The van der Waals surface area contributed by atoms with Gasteiger partial charge in [0.05, 0.1) is 12.0 Å². The lowest BCUT2D eigenvalue weighted by molar-refractivity contribution is 0.572. The largest absolute Gasteiger partial charge is 0.361 e. The summed E-state index contributed by atoms with van der Waals surface area (Å²) in [6.45, 7) is 0.776. The normalized spacial score (nSPS) is 11.4. The Balaban J connectivity index is 1.41. The fourth-order valence-electron chi connectivity index (χ4n) is 3.75. The molecule has 1 aromatic carbocycles. The summed E-state index contributed by atoms with van der Waals surface area (Å²) in [6.07, 6.45) is 11.8. The highest BCUT2D eigenvalue weighted by Gasteiger charge is 2.16. The van der Waals surface area contributed by atoms with Gasteiger partial charge in [0, 0.05) is 60.6 Å². The third-order valence-electron chi connectivity index (χ3n) is 5.29. The molecule has 0 aliphatic heterocycles. The Morgan fingerprint density at radius 2 is 2.12 bits per heavy atom. The predicted octanol–water partition coefficient (Wildman–Crippen LogP) is 4.40. The minimum absolute atomic E-state index is 0.251. The average molecular weight is 448 g/mol. The van der Waals surface area contributed by atoms with E-state index in [0.717, 1.165) is 57.4 Å². The van der Waals surface area contributed by atoms with Crippen LogP contribution in [0.15, 0.2) is 71.5 Å². The molecule has 162 valence electrons. The first kappa shape index (κ1) is 20.4. The summed E-state index contributed by atoms with van der Waals surface area (Å²) < 4.78 is 17.7. The maximum Gasteiger partial charge on any atom is 0.196 e. The molecule has 4 heterocycles. The van der Waals surface area contributed by atoms with E-state index in [1.54, 1.807) is 18.0 Å². The van der Waals surface area contributed by atoms with Gasteiger partial charge in [0.2, 0.25) is 0 Å². The number of aryl methyl sites for hydroxylation is 2. The van der Waals surface area contributed by atoms with E-state index >= 15 is 0 Å². The van der Waals surface area contributed by atoms with Crippen molar-refractivity contribution < 1.29 is 4.39 Å². The Bertz CT molecular complexity index is 1340. The van der Waals surface area contributed by atoms with Crippen LogP contribution >= 0.6 is 11.8 Å². The van der Waals surface area contributed by atoms with Crippen LogP contribution in [0, 0.1) is 5.82 Å². The van der Waals surface area contributed by atoms with Gasteiger partial charge < -0.3 is 14.1 Å². The van der Waals surface area contributed by atoms with Crippen molar-refractivity contribution in [1.82, 2.24) is 34.3 Å². The van der Waals surface area contributed by atoms with Gasteiger partial charge >= 0.3 is 0 Å². The van der Waals surface area contributed by atoms with Crippen LogP contribution in [-0.4, -0.2) is 34.3 Å². The van der Waals surface area contributed by atoms with Crippen molar-refractivity contribution in [2.75, 3.05) is 0 Å². The summed E-state index contributed by atoms with van der Waals surface area (Å²) >= 11 is 1.55. The zero-order valence-corrected chi connectivity index (χ0v) is 18.4. The van der Waals surface area contributed by atoms with Gasteiger partial charge in [0.15, 0.2) is 5.16 Å². The second-order valence-electron chi connectivity index (χ2n) is 7.66. The third-order valence-corrected chi connectivity index (χ3v) is 6.25. The molecule has 0 bridgehead atoms. The summed E-state index contributed by atoms with van der Waals surface area (Å²) in [5.41, 5.74) is 2.92. The van der Waals surface area contributed by atoms with Crippen LogP contribution in [0.4, 0.5) is 4.39 Å². The number of nitrogens with one attached hydrogen (secondary N) is 1. The molecule has 4 aromatic heterocycles. The zero-order chi connectivity index (χ0) is 21.9. The number of hydrogen-bond acceptors (Lipinski definition) is 5. The van der Waals surface area contributed by atoms with Crippen LogP contribution < -0.4 is 0 Å². The molecule has 7 nitrogen and oxygen atoms in total. The van der Waals surface area contributed by atoms with Crippen molar-refractivity contribution in [1.29, 1.82) is 0 Å². The number of hydrogen-bond donors (Lipinski definition) is 1. The quantitative estimate of drug-likeness (QED) is 0.381. The molecule has 0 aliphatic rings. The Hall–Kier alpha value is -3.46. The fourth-order valence-corrected chi connectivity index (χ4v) is 4.61. The predicted molar refractivity (Wildman–Crippen MR) is 121 cm³/mol. The summed E-state index contributed by atoms with van der Waals surface area (Å²) in [7, 11) is 1.98. The smallest absolute Gasteiger partial charge is 0.196 e. The highest BCUT2D eigenvalue weighted by atomic mass is 32.2. The first-order chi connectivity index (χ1) is 15.7. The molecule has 0 saturated carbocycles. The van der Waals surface area contributed by atoms with Crippen molar-refractivity contribution in [3.8, 4) is 0 Å². The van der Waals surface area contributed by atoms with E-state index in [4.69, 9.17) is 0 Å². The van der Waals surface area contributed by atoms with Crippen LogP contribution in [0.3, 0.4) is 0 Å². The van der Waals surface area contributed by atoms with Gasteiger partial charge in [-0.25, -0.2) is 9.37 Å². The molecule has 9 heteroatoms. The Labute approximate surface area is 188 Å². The molecular weight excluding hydrogens is 425 g/mol. The topological polar surface area (TPSA) is 77.2 Å². The van der Waals surface area contributed by atoms with E-state index in [1.807, 2.05) is 54.7 Å². The lowest BCUT2D eigenvalue weighted by Gasteiger charge is -2.10. The van der Waals surface area contributed by atoms with Crippen molar-refractivity contribution in [2.24, 2.45) is 7.05 Å². The van der Waals surface area contributed by atoms with Gasteiger partial charge in [0.1, 0.15) is 11.6 Å². The van der Waals surface area contributed by atoms with Crippen molar-refractivity contribution in [2.45, 2.75) is 35.9 Å². The zero-order valence-electron chi connectivity index (χ0n) is 17.6. The number of aromatic nitrogens is 7. The monoisotopic (exact) mass is 447 g/mol. The van der Waals surface area contributed by atoms with E-state index in [1.165, 1.54) is 12.1 Å². The summed E-state index contributed by atoms with van der Waals surface area (Å²) in [6, 6.07) is 8.74. The lowest BCUT2D eigenvalue weighted by atomic mass is 10.1. The second kappa shape index (κ2) is 8.96. The standard InChI is InChI=1S/C23H22FN7S/c1-30-14-18(27-15-30)4-3-9-31-22(28-29-23(31)32-19-5-2-8-25-13-19)10-16-12-26-21-11-17(24)6-7-20(16)21/h2,5-8,11-15,26H,3-4,9-10H2,1H3. The minimum atomic E-state index is -0.251. The Morgan fingerprint density at radius 3 is 2.94 bits per heavy atom. The highest BCUT2D eigenvalue weighted by molar-refractivity contribution is 7.99. The third kappa shape index (κ3) is 4.43. The number of benzene rings is 1. The van der Waals surface area contributed by atoms with Gasteiger partial charge in [-0.15, -0.1) is 10.2 Å². The molecule has 0 aliphatic carbocycles. The van der Waals surface area contributed by atoms with Crippen molar-refractivity contribution >= 4 is 22.7 Å². The van der Waals surface area contributed by atoms with Gasteiger partial charge in [0.25, 0.3) is 0 Å². The van der Waals surface area contributed by atoms with Gasteiger partial charge in [-0.05, 0) is 60.5 Å². The van der Waals surface area contributed by atoms with Gasteiger partial charge in [-0.3, -0.25) is 4.98 Å². The molecule has 32 heavy (non-hydrogen) atoms. The van der Waals surface area contributed by atoms with Crippen LogP contribution in [0.2, 0.25) is 0 Å². The summed E-state index contributed by atoms with van der Waals surface area (Å²) in [5, 5.41) is 10.8. The number of aromatic amines is 1. The first-order valence-corrected chi connectivity index (χ1v) is 11.2. The van der Waals surface area contributed by atoms with Crippen LogP contribution in [-0.2, 0) is 26.4 Å². The summed E-state index contributed by atoms with van der Waals surface area (Å²) in [5.74, 6) is 0.626. The molecular formula is C23H22FN7S. The van der Waals surface area contributed by atoms with E-state index in [-0.39, 0.29) is 5.82 Å². The lowest BCUT2D eigenvalue weighted by Crippen LogP contribution is -2.07. The van der Waals surface area contributed by atoms with Crippen LogP contribution in [0.1, 0.15) is 23.5 Å². The minimum Gasteiger partial charge on any atom is -0.361 e. The average Bonchev–Trinajstić information content (AvgIpc) is 3.49. The number of pyridine rings is 1. The van der Waals surface area contributed by atoms with E-state index in [2.05, 4.69) is 29.7 Å². The Morgan fingerprint density at radius 1 is 1.19 bits per heavy atom. The van der Waals surface area contributed by atoms with Crippen molar-refractivity contribution in [3.63, 3.8) is 0 Å². The van der Waals surface area contributed by atoms with Gasteiger partial charge in [-0.2, -0.15) is 0 Å². The number of imidazole rings is 1. The number of H-pyrrole nitrogens is 1. The van der Waals surface area contributed by atoms with Crippen LogP contribution in [0.5, 0.6) is 0 Å². The van der Waals surface area contributed by atoms with E-state index in [0.29, 0.717) is 6.42 Å². The number of halogens is 1. The fraction of sp³-hybridized carbons (Fsp3) is 0.217. The maximum absolute atomic E-state index is 13.6. The molecule has 5 rings (SSSR count). The molecule has 0 amide bonds. The highest BCUT2D eigenvalue weighted by Crippen LogP contribution is 2.28. The first-order valence-electron chi connectivity index (χ1n) is 10.4. The number of rotatable bonds is 8. The molecule has 5 aromatic rings. The molecule has 0 atom stereocenters. The van der Waals surface area contributed by atoms with E-state index in [9.17, 15) is 4.39 Å². The van der Waals surface area contributed by atoms with E-state index < -0.39 is 0 Å². The number of nitrogens with zero attached hydrogens (tertiary/aromatic N) is 6. The second-order valence-corrected chi connectivity index (χ2v) is 8.70. The molecule has 1 N–H and O–H groups in total. The Kier molecular flexibility index (Phi) is 5.72. The molecule has 0 saturated heterocycles. The SMILES string of the molecule is Cn1cnc(CCCn2c(Cc3c[nH]c4cc(F)ccc34)nnc2Sc2cccnc2)c1. The van der Waals surface area contributed by atoms with Crippen molar-refractivity contribution in [3.05, 3.63) is 84.3 Å². The van der Waals surface area contributed by atoms with Crippen LogP contribution in [0.25, 0.3) is 10.9 Å². The molecule has 0 unspecified atom stereocenters. The molecule has 0 spiro atoms. The maximum atomic E-state index is 13.6. The summed E-state index contributed by atoms with van der Waals surface area (Å²) in [4.78, 5) is 12.8. The molecule has 0 radical (unpaired) electrons. The molecule has 0 fully saturated rings. The van der Waals surface area contributed by atoms with Gasteiger partial charge in [-0.1, -0.05) is 0 Å².